The molecule has 3 amide bonds. The van der Waals surface area contributed by atoms with E-state index in [0.717, 1.165) is 219 Å². The van der Waals surface area contributed by atoms with E-state index in [4.69, 9.17) is 77.7 Å². The Morgan fingerprint density at radius 1 is 0.558 bits per heavy atom. The van der Waals surface area contributed by atoms with E-state index in [2.05, 4.69) is 184 Å². The summed E-state index contributed by atoms with van der Waals surface area (Å²) in [6, 6.07) is 5.32. The van der Waals surface area contributed by atoms with Crippen LogP contribution in [0.3, 0.4) is 0 Å². The Bertz CT molecular complexity index is 5020. The molecular weight excluding hydrogens is 2330 g/mol. The van der Waals surface area contributed by atoms with Crippen molar-refractivity contribution in [3.63, 3.8) is 0 Å². The quantitative estimate of drug-likeness (QED) is 0.0594. The van der Waals surface area contributed by atoms with Crippen molar-refractivity contribution in [3.8, 4) is 5.75 Å². The predicted octanol–water partition coefficient (Wildman–Crippen LogP) is 17.6. The Hall–Kier alpha value is -3.32. The third kappa shape index (κ3) is 33.6. The van der Waals surface area contributed by atoms with Crippen molar-refractivity contribution in [2.24, 2.45) is 4.99 Å². The first-order chi connectivity index (χ1) is 63.9. The van der Waals surface area contributed by atoms with Crippen molar-refractivity contribution in [1.82, 2.24) is 64.0 Å². The number of piperazine rings is 3. The molecule has 11 aliphatic rings. The molecule has 2 aromatic heterocycles. The van der Waals surface area contributed by atoms with Crippen molar-refractivity contribution in [3.05, 3.63) is 111 Å². The van der Waals surface area contributed by atoms with Crippen molar-refractivity contribution in [2.75, 3.05) is 234 Å². The molecule has 0 bridgehead atoms. The second-order valence-corrected chi connectivity index (χ2v) is 46.0. The highest BCUT2D eigenvalue weighted by atomic mass is 79.9. The summed E-state index contributed by atoms with van der Waals surface area (Å²) in [6.07, 6.45) is 2.76. The summed E-state index contributed by atoms with van der Waals surface area (Å²) in [6.45, 7) is 65.5. The summed E-state index contributed by atoms with van der Waals surface area (Å²) >= 11 is 44.0. The Morgan fingerprint density at radius 3 is 1.40 bits per heavy atom. The topological polar surface area (TPSA) is 286 Å². The number of aliphatic imine (C=N–C) groups is 1. The largest absolute Gasteiger partial charge is 0.505 e. The van der Waals surface area contributed by atoms with E-state index in [1.807, 2.05) is 134 Å². The van der Waals surface area contributed by atoms with Crippen LogP contribution in [0.25, 0.3) is 21.8 Å². The molecule has 1 unspecified atom stereocenters. The van der Waals surface area contributed by atoms with Crippen molar-refractivity contribution in [1.29, 1.82) is 0 Å². The second-order valence-electron chi connectivity index (χ2n) is 37.8. The number of hydrogen-bond acceptors (Lipinski definition) is 28. The number of nitrogens with zero attached hydrogens (tertiary/aromatic N) is 15. The van der Waals surface area contributed by atoms with Gasteiger partial charge in [-0.15, -0.1) is 49.1 Å². The van der Waals surface area contributed by atoms with Crippen LogP contribution >= 0.6 is 193 Å². The van der Waals surface area contributed by atoms with E-state index in [9.17, 15) is 29.1 Å². The van der Waals surface area contributed by atoms with Gasteiger partial charge in [0.1, 0.15) is 40.1 Å². The van der Waals surface area contributed by atoms with E-state index < -0.39 is 22.5 Å². The standard InChI is InChI=1S/C27H37BrClN5O3S.C26H35BrClN5O4S.C19H24BrClN4O4.C7H13Br2NO.C7H13NO.C4H9NO.C3H5Br.ClH.2H2S/c1-16-13-33(26(35)37-27(4,5)6)17(2)12-32(16)25-20-11-21(29)22(28)24-23(20)34(18(3)30-25)19(15-38-24)14-31-7-9-36-10-8-31;1-15-12-32(25(35)37-26(3,4)5)16(2)11-31(15)23-18-10-19(28)20(27)22-21(18)33(24(34)29-23)17(14-38-22)13-30-6-8-36-9-7-30;1-9-8-25(18(28)29-19(3,4)5)10(2)7-24(9)16-11-6-12(21)13(20)15(26)14(11)22-17(27)23-16;8-5-7(9)6-10-1-3-11-4-2-10;1-2-3-8-4-6-9-7-5-8;1-3-6-4-2-5-1;1-2-3-4;;;/h11,16-17,19H,3,7-10,12-15H2,1-2,4-6H3;10,15-17H,6-9,11-14H2,1-5H3;6,9-10,26H,7-8H2,1-5H3,(H,22,23,27);7H,1-6H2;2H,1,3-7H2;5H,1-4H2;2H,1,3H2;1H;2*1H2/t16-,17+,19+;15-,16+,17-;9-,10+;;;;;;;/m000......./s1. The molecule has 776 valence electrons. The molecule has 11 aliphatic heterocycles. The van der Waals surface area contributed by atoms with Gasteiger partial charge in [0.05, 0.1) is 123 Å². The van der Waals surface area contributed by atoms with Crippen molar-refractivity contribution >= 4 is 257 Å². The summed E-state index contributed by atoms with van der Waals surface area (Å²) in [7, 11) is 0. The Labute approximate surface area is 908 Å². The number of aromatic hydroxyl groups is 1. The number of morpholine rings is 5. The second kappa shape index (κ2) is 56.7. The normalized spacial score (nSPS) is 22.8. The minimum Gasteiger partial charge on any atom is -0.505 e. The number of carbonyl (C=O) groups is 3. The molecule has 0 spiro atoms. The fraction of sp³-hybridized carbons (Fsp3) is 0.656. The Balaban J connectivity index is 0.000000243. The first-order valence-electron chi connectivity index (χ1n) is 46.1. The number of benzene rings is 3. The highest BCUT2D eigenvalue weighted by Gasteiger charge is 2.45. The van der Waals surface area contributed by atoms with Crippen LogP contribution in [0.15, 0.2) is 93.7 Å². The zero-order valence-corrected chi connectivity index (χ0v) is 98.1. The number of aromatic amines is 1. The monoisotopic (exact) mass is 2460 g/mol. The lowest BCUT2D eigenvalue weighted by Crippen LogP contribution is -2.61. The smallest absolute Gasteiger partial charge is 0.410 e. The van der Waals surface area contributed by atoms with Crippen molar-refractivity contribution in [2.45, 2.75) is 184 Å². The molecule has 5 aromatic rings. The number of anilines is 3. The predicted molar refractivity (Wildman–Crippen MR) is 595 cm³/mol. The summed E-state index contributed by atoms with van der Waals surface area (Å²) in [5.41, 5.74) is 0.763. The number of nitrogens with one attached hydrogen (secondary N) is 2. The highest BCUT2D eigenvalue weighted by molar-refractivity contribution is 9.12. The molecule has 13 heterocycles. The van der Waals surface area contributed by atoms with Gasteiger partial charge >= 0.3 is 29.7 Å². The molecule has 45 heteroatoms. The number of allylic oxidation sites excluding steroid dienone is 1. The third-order valence-corrected chi connectivity index (χ3v) is 33.4. The lowest BCUT2D eigenvalue weighted by molar-refractivity contribution is 0.000333. The molecule has 0 saturated carbocycles. The van der Waals surface area contributed by atoms with Crippen LogP contribution in [-0.4, -0.2) is 371 Å². The summed E-state index contributed by atoms with van der Waals surface area (Å²) < 4.78 is 47.2. The van der Waals surface area contributed by atoms with Gasteiger partial charge in [0.15, 0.2) is 5.75 Å². The minimum atomic E-state index is -0.580. The number of thioether (sulfide) groups is 2. The number of aromatic nitrogens is 4. The molecule has 8 saturated heterocycles. The van der Waals surface area contributed by atoms with Crippen LogP contribution in [-0.2, 0) is 37.9 Å². The molecule has 16 rings (SSSR count). The van der Waals surface area contributed by atoms with E-state index in [1.54, 1.807) is 33.7 Å². The van der Waals surface area contributed by atoms with E-state index in [-0.39, 0.29) is 123 Å². The highest BCUT2D eigenvalue weighted by Crippen LogP contribution is 2.52. The van der Waals surface area contributed by atoms with E-state index >= 15 is 0 Å². The number of halogens is 10. The molecule has 3 aromatic carbocycles. The first-order valence-corrected chi connectivity index (χ1v) is 54.7. The lowest BCUT2D eigenvalue weighted by Gasteiger charge is -2.49. The zero-order valence-electron chi connectivity index (χ0n) is 81.8. The Morgan fingerprint density at radius 2 is 0.957 bits per heavy atom. The number of H-pyrrole nitrogens is 1. The number of carbonyl (C=O) groups excluding carboxylic acids is 3. The van der Waals surface area contributed by atoms with Crippen LogP contribution in [0.1, 0.15) is 115 Å². The SMILES string of the molecule is BrCC(Br)CN1CCOCC1.C1COCCN1.C=C1N=C(N2C[C@@H](C)N(C(=O)OC(C)(C)C)C[C@@H]2C)c2cc(Cl)c(Br)c3c2N1[C@H](CN1CCOCC1)CS3.C=CCBr.C=CCN1CCOCC1.C[C@@H]1CN(c2nc(=O)[nH]c3c(O)c(Br)c(Cl)cc23)[C@@H](C)CN1C(=O)OC(C)(C)C.C[C@@H]1CN(c2nc(=O)n3c4c(c(Br)c(Cl)cc24)SC[C@@H]3CN2CCOCC2)[C@@H](C)CN1C(=O)OC(C)(C)C.Cl.S.S. The van der Waals surface area contributed by atoms with Gasteiger partial charge in [-0.25, -0.2) is 29.0 Å². The van der Waals surface area contributed by atoms with Crippen molar-refractivity contribution < 1.29 is 57.4 Å². The van der Waals surface area contributed by atoms with Gasteiger partial charge < -0.3 is 87.6 Å². The summed E-state index contributed by atoms with van der Waals surface area (Å²) in [5.74, 6) is 4.19. The molecule has 31 nitrogen and oxygen atoms in total. The molecule has 138 heavy (non-hydrogen) atoms. The lowest BCUT2D eigenvalue weighted by atomic mass is 10.0. The van der Waals surface area contributed by atoms with Gasteiger partial charge in [-0.05, 0) is 170 Å². The number of amidine groups is 1. The maximum atomic E-state index is 13.7. The van der Waals surface area contributed by atoms with Crippen LogP contribution in [0.4, 0.5) is 31.7 Å². The Kier molecular flexibility index (Phi) is 50.0. The fourth-order valence-electron chi connectivity index (χ4n) is 17.1. The maximum absolute atomic E-state index is 13.7. The maximum Gasteiger partial charge on any atom is 0.410 e. The first kappa shape index (κ1) is 122. The third-order valence-electron chi connectivity index (χ3n) is 23.6. The molecule has 9 atom stereocenters. The molecule has 3 N–H and O–H groups in total. The van der Waals surface area contributed by atoms with Gasteiger partial charge in [0.25, 0.3) is 0 Å². The van der Waals surface area contributed by atoms with Gasteiger partial charge in [-0.3, -0.25) is 24.2 Å². The molecule has 0 aliphatic carbocycles. The van der Waals surface area contributed by atoms with Crippen LogP contribution in [0.5, 0.6) is 5.75 Å². The molecular formula is C93H141Br6Cl4N17O14S4. The minimum absolute atomic E-state index is 0. The number of ether oxygens (including phenoxy) is 8. The summed E-state index contributed by atoms with van der Waals surface area (Å²) in [5, 5.41) is 18.4. The number of phenols is 1. The number of hydrogen-bond donors (Lipinski definition) is 3. The van der Waals surface area contributed by atoms with Gasteiger partial charge in [0, 0.05) is 220 Å². The molecule has 0 radical (unpaired) electrons. The fourth-order valence-corrected chi connectivity index (χ4v) is 22.4. The van der Waals surface area contributed by atoms with Crippen LogP contribution in [0, 0.1) is 0 Å². The number of phenolic OH excluding ortho intramolecular Hbond substituents is 1. The van der Waals surface area contributed by atoms with Gasteiger partial charge in [0.2, 0.25) is 0 Å². The number of amides is 3. The molecule has 8 fully saturated rings. The number of fused-ring (bicyclic) bond motifs is 1. The number of rotatable bonds is 12. The average molecular weight is 2470 g/mol. The van der Waals surface area contributed by atoms with Crippen LogP contribution < -0.4 is 31.4 Å². The summed E-state index contributed by atoms with van der Waals surface area (Å²) in [4.78, 5) is 107. The average Bonchev–Trinajstić information content (AvgIpc) is 0.728. The van der Waals surface area contributed by atoms with E-state index in [0.29, 0.717) is 93.9 Å². The number of alkyl halides is 3. The van der Waals surface area contributed by atoms with Gasteiger partial charge in [-0.2, -0.15) is 37.0 Å². The van der Waals surface area contributed by atoms with Crippen LogP contribution in [0.2, 0.25) is 15.1 Å². The van der Waals surface area contributed by atoms with E-state index in [1.165, 1.54) is 0 Å². The zero-order chi connectivity index (χ0) is 98.7. The van der Waals surface area contributed by atoms with Gasteiger partial charge in [-0.1, -0.05) is 101 Å².